The molecule has 2 heterocycles. The highest BCUT2D eigenvalue weighted by Gasteiger charge is 2.29. The van der Waals surface area contributed by atoms with Crippen molar-refractivity contribution >= 4 is 5.91 Å². The molecule has 0 spiro atoms. The average molecular weight is 419 g/mol. The lowest BCUT2D eigenvalue weighted by atomic mass is 9.90. The molecule has 1 saturated heterocycles. The van der Waals surface area contributed by atoms with E-state index in [-0.39, 0.29) is 5.91 Å². The molecular weight excluding hydrogens is 384 g/mol. The maximum absolute atomic E-state index is 11.5. The van der Waals surface area contributed by atoms with Crippen LogP contribution in [0.4, 0.5) is 0 Å². The van der Waals surface area contributed by atoms with Crippen LogP contribution < -0.4 is 4.74 Å². The Labute approximate surface area is 186 Å². The fraction of sp³-hybridized carbons (Fsp3) is 0.519. The maximum Gasteiger partial charge on any atom is 0.219 e. The molecule has 2 aromatic carbocycles. The smallest absolute Gasteiger partial charge is 0.219 e. The van der Waals surface area contributed by atoms with Crippen LogP contribution in [0.1, 0.15) is 54.9 Å². The second kappa shape index (κ2) is 9.04. The zero-order valence-electron chi connectivity index (χ0n) is 18.7. The molecule has 4 nitrogen and oxygen atoms in total. The summed E-state index contributed by atoms with van der Waals surface area (Å²) >= 11 is 0. The van der Waals surface area contributed by atoms with Crippen molar-refractivity contribution in [2.45, 2.75) is 64.6 Å². The zero-order valence-corrected chi connectivity index (χ0v) is 18.7. The molecule has 1 saturated carbocycles. The van der Waals surface area contributed by atoms with Crippen LogP contribution in [0.5, 0.6) is 5.75 Å². The second-order valence-corrected chi connectivity index (χ2v) is 9.65. The Hall–Kier alpha value is -2.33. The molecule has 3 aliphatic rings. The Kier molecular flexibility index (Phi) is 5.99. The van der Waals surface area contributed by atoms with E-state index in [2.05, 4.69) is 47.4 Å². The van der Waals surface area contributed by atoms with E-state index >= 15 is 0 Å². The number of amides is 1. The van der Waals surface area contributed by atoms with Gasteiger partial charge in [0.1, 0.15) is 5.75 Å². The molecule has 0 N–H and O–H groups in total. The van der Waals surface area contributed by atoms with E-state index in [4.69, 9.17) is 4.74 Å². The van der Waals surface area contributed by atoms with Crippen molar-refractivity contribution in [3.8, 4) is 5.75 Å². The van der Waals surface area contributed by atoms with Crippen molar-refractivity contribution in [2.24, 2.45) is 5.92 Å². The highest BCUT2D eigenvalue weighted by atomic mass is 16.5. The van der Waals surface area contributed by atoms with Gasteiger partial charge in [0.05, 0.1) is 6.61 Å². The van der Waals surface area contributed by atoms with E-state index < -0.39 is 0 Å². The molecule has 31 heavy (non-hydrogen) atoms. The Bertz CT molecular complexity index is 911. The van der Waals surface area contributed by atoms with E-state index in [1.54, 1.807) is 6.92 Å². The molecule has 1 amide bonds. The van der Waals surface area contributed by atoms with Gasteiger partial charge in [-0.25, -0.2) is 0 Å². The third-order valence-electron chi connectivity index (χ3n) is 7.20. The van der Waals surface area contributed by atoms with Gasteiger partial charge in [-0.3, -0.25) is 9.69 Å². The van der Waals surface area contributed by atoms with Gasteiger partial charge in [0.2, 0.25) is 5.91 Å². The fourth-order valence-electron chi connectivity index (χ4n) is 5.13. The molecule has 5 rings (SSSR count). The third-order valence-corrected chi connectivity index (χ3v) is 7.20. The van der Waals surface area contributed by atoms with Gasteiger partial charge >= 0.3 is 0 Å². The highest BCUT2D eigenvalue weighted by molar-refractivity contribution is 5.73. The molecule has 0 atom stereocenters. The molecule has 2 fully saturated rings. The first-order valence-electron chi connectivity index (χ1n) is 12.0. The van der Waals surface area contributed by atoms with Crippen LogP contribution in [-0.2, 0) is 30.7 Å². The summed E-state index contributed by atoms with van der Waals surface area (Å²) in [5.41, 5.74) is 5.62. The first kappa shape index (κ1) is 20.6. The minimum absolute atomic E-state index is 0.219. The minimum Gasteiger partial charge on any atom is -0.493 e. The number of nitrogens with zero attached hydrogens (tertiary/aromatic N) is 2. The summed E-state index contributed by atoms with van der Waals surface area (Å²) < 4.78 is 5.66. The first-order chi connectivity index (χ1) is 15.1. The van der Waals surface area contributed by atoms with Crippen LogP contribution in [0.25, 0.3) is 0 Å². The summed E-state index contributed by atoms with van der Waals surface area (Å²) in [6, 6.07) is 16.8. The molecule has 0 radical (unpaired) electrons. The van der Waals surface area contributed by atoms with E-state index in [9.17, 15) is 4.79 Å². The number of likely N-dealkylation sites (tertiary alicyclic amines) is 1. The number of carbonyl (C=O) groups excluding carboxylic acids is 1. The first-order valence-corrected chi connectivity index (χ1v) is 12.0. The van der Waals surface area contributed by atoms with Crippen molar-refractivity contribution < 1.29 is 9.53 Å². The van der Waals surface area contributed by atoms with Crippen molar-refractivity contribution in [3.05, 3.63) is 64.7 Å². The SMILES string of the molecule is CC(=O)N1CCC(Cc2ccc(CN(Cc3ccc4c(c3)CCO4)C3CC3)cc2)CC1. The van der Waals surface area contributed by atoms with E-state index in [0.717, 1.165) is 70.3 Å². The Morgan fingerprint density at radius 2 is 1.65 bits per heavy atom. The Morgan fingerprint density at radius 1 is 0.968 bits per heavy atom. The number of hydrogen-bond donors (Lipinski definition) is 0. The molecular formula is C27H34N2O2. The number of rotatable bonds is 7. The predicted octanol–water partition coefficient (Wildman–Crippen LogP) is 4.59. The molecule has 1 aliphatic carbocycles. The maximum atomic E-state index is 11.5. The zero-order chi connectivity index (χ0) is 21.2. The van der Waals surface area contributed by atoms with E-state index in [1.807, 2.05) is 4.90 Å². The van der Waals surface area contributed by atoms with Gasteiger partial charge in [0, 0.05) is 45.6 Å². The standard InChI is InChI=1S/C27H34N2O2/c1-20(30)28-13-10-22(11-14-28)16-21-2-4-23(5-3-21)18-29(26-7-8-26)19-24-6-9-27-25(17-24)12-15-31-27/h2-6,9,17,22,26H,7-8,10-16,18-19H2,1H3. The van der Waals surface area contributed by atoms with Crippen LogP contribution in [0, 0.1) is 5.92 Å². The number of hydrogen-bond acceptors (Lipinski definition) is 3. The van der Waals surface area contributed by atoms with E-state index in [0.29, 0.717) is 5.92 Å². The summed E-state index contributed by atoms with van der Waals surface area (Å²) in [6.45, 7) is 6.40. The van der Waals surface area contributed by atoms with Crippen molar-refractivity contribution in [3.63, 3.8) is 0 Å². The number of fused-ring (bicyclic) bond motifs is 1. The third kappa shape index (κ3) is 5.12. The summed E-state index contributed by atoms with van der Waals surface area (Å²) in [7, 11) is 0. The molecule has 0 unspecified atom stereocenters. The monoisotopic (exact) mass is 418 g/mol. The molecule has 0 aromatic heterocycles. The van der Waals surface area contributed by atoms with Crippen LogP contribution in [0.15, 0.2) is 42.5 Å². The Morgan fingerprint density at radius 3 is 2.35 bits per heavy atom. The molecule has 0 bridgehead atoms. The van der Waals surface area contributed by atoms with Gasteiger partial charge in [0.15, 0.2) is 0 Å². The largest absolute Gasteiger partial charge is 0.493 e. The number of piperidine rings is 1. The summed E-state index contributed by atoms with van der Waals surface area (Å²) in [4.78, 5) is 16.2. The lowest BCUT2D eigenvalue weighted by molar-refractivity contribution is -0.130. The van der Waals surface area contributed by atoms with Crippen LogP contribution >= 0.6 is 0 Å². The fourth-order valence-corrected chi connectivity index (χ4v) is 5.13. The van der Waals surface area contributed by atoms with Crippen molar-refractivity contribution in [1.82, 2.24) is 9.80 Å². The van der Waals surface area contributed by atoms with E-state index in [1.165, 1.54) is 35.1 Å². The van der Waals surface area contributed by atoms with Gasteiger partial charge in [-0.1, -0.05) is 36.4 Å². The van der Waals surface area contributed by atoms with Crippen molar-refractivity contribution in [2.75, 3.05) is 19.7 Å². The Balaban J connectivity index is 1.17. The molecule has 164 valence electrons. The van der Waals surface area contributed by atoms with Crippen LogP contribution in [0.2, 0.25) is 0 Å². The van der Waals surface area contributed by atoms with Gasteiger partial charge < -0.3 is 9.64 Å². The summed E-state index contributed by atoms with van der Waals surface area (Å²) in [5.74, 6) is 1.99. The van der Waals surface area contributed by atoms with Gasteiger partial charge in [-0.05, 0) is 66.3 Å². The number of benzene rings is 2. The summed E-state index contributed by atoms with van der Waals surface area (Å²) in [6.07, 6.45) is 7.08. The second-order valence-electron chi connectivity index (χ2n) is 9.65. The predicted molar refractivity (Wildman–Crippen MR) is 123 cm³/mol. The van der Waals surface area contributed by atoms with Gasteiger partial charge in [0.25, 0.3) is 0 Å². The highest BCUT2D eigenvalue weighted by Crippen LogP contribution is 2.32. The quantitative estimate of drug-likeness (QED) is 0.659. The van der Waals surface area contributed by atoms with Gasteiger partial charge in [-0.15, -0.1) is 0 Å². The lowest BCUT2D eigenvalue weighted by Crippen LogP contribution is -2.37. The van der Waals surface area contributed by atoms with Crippen molar-refractivity contribution in [1.29, 1.82) is 0 Å². The number of ether oxygens (including phenoxy) is 1. The lowest BCUT2D eigenvalue weighted by Gasteiger charge is -2.31. The number of carbonyl (C=O) groups is 1. The average Bonchev–Trinajstić information content (AvgIpc) is 3.52. The van der Waals surface area contributed by atoms with Crippen LogP contribution in [0.3, 0.4) is 0 Å². The van der Waals surface area contributed by atoms with Crippen LogP contribution in [-0.4, -0.2) is 41.4 Å². The normalized spacial score (nSPS) is 18.8. The molecule has 2 aromatic rings. The molecule has 4 heteroatoms. The molecule has 2 aliphatic heterocycles. The van der Waals surface area contributed by atoms with Gasteiger partial charge in [-0.2, -0.15) is 0 Å². The minimum atomic E-state index is 0.219. The topological polar surface area (TPSA) is 32.8 Å². The summed E-state index contributed by atoms with van der Waals surface area (Å²) in [5, 5.41) is 0.